The standard InChI is InChI=1S/C21H29N5O3/c1-14(2)19-22-21(29-23-19)25-10-15-9-17(13-25)18-4-3-16(20(27)26(18)11-15)12-24-5-7-28-8-6-24/h3-4,14-15,17H,5-13H2,1-2H3/t15-,17+/m0/s1. The Morgan fingerprint density at radius 3 is 2.76 bits per heavy atom. The summed E-state index contributed by atoms with van der Waals surface area (Å²) in [6.45, 7) is 10.6. The van der Waals surface area contributed by atoms with Crippen LogP contribution in [0, 0.1) is 5.92 Å². The summed E-state index contributed by atoms with van der Waals surface area (Å²) in [6.07, 6.45) is 1.12. The molecule has 2 saturated heterocycles. The van der Waals surface area contributed by atoms with Gasteiger partial charge in [0, 0.05) is 62.4 Å². The summed E-state index contributed by atoms with van der Waals surface area (Å²) in [5.74, 6) is 1.75. The maximum atomic E-state index is 13.2. The fraction of sp³-hybridized carbons (Fsp3) is 0.667. The van der Waals surface area contributed by atoms with E-state index in [1.807, 2.05) is 10.6 Å². The van der Waals surface area contributed by atoms with Gasteiger partial charge in [-0.3, -0.25) is 9.69 Å². The summed E-state index contributed by atoms with van der Waals surface area (Å²) in [4.78, 5) is 22.3. The highest BCUT2D eigenvalue weighted by molar-refractivity contribution is 5.32. The Morgan fingerprint density at radius 1 is 1.17 bits per heavy atom. The number of aromatic nitrogens is 3. The average molecular weight is 399 g/mol. The maximum Gasteiger partial charge on any atom is 0.324 e. The van der Waals surface area contributed by atoms with Crippen LogP contribution in [-0.2, 0) is 17.8 Å². The van der Waals surface area contributed by atoms with Gasteiger partial charge in [0.2, 0.25) is 0 Å². The van der Waals surface area contributed by atoms with Crippen LogP contribution in [0.25, 0.3) is 0 Å². The second-order valence-corrected chi connectivity index (χ2v) is 8.88. The van der Waals surface area contributed by atoms with E-state index in [1.54, 1.807) is 0 Å². The molecule has 2 aromatic heterocycles. The molecule has 0 N–H and O–H groups in total. The number of hydrogen-bond acceptors (Lipinski definition) is 7. The van der Waals surface area contributed by atoms with Gasteiger partial charge in [0.05, 0.1) is 13.2 Å². The highest BCUT2D eigenvalue weighted by Gasteiger charge is 2.36. The first-order valence-electron chi connectivity index (χ1n) is 10.7. The molecular weight excluding hydrogens is 370 g/mol. The second-order valence-electron chi connectivity index (χ2n) is 8.88. The van der Waals surface area contributed by atoms with Gasteiger partial charge in [0.1, 0.15) is 0 Å². The third kappa shape index (κ3) is 3.59. The Bertz CT molecular complexity index is 931. The van der Waals surface area contributed by atoms with E-state index >= 15 is 0 Å². The number of pyridine rings is 1. The summed E-state index contributed by atoms with van der Waals surface area (Å²) in [6, 6.07) is 4.81. The summed E-state index contributed by atoms with van der Waals surface area (Å²) in [5, 5.41) is 4.11. The molecular formula is C21H29N5O3. The van der Waals surface area contributed by atoms with Crippen LogP contribution in [0.2, 0.25) is 0 Å². The molecule has 2 atom stereocenters. The first kappa shape index (κ1) is 18.8. The summed E-state index contributed by atoms with van der Waals surface area (Å²) >= 11 is 0. The molecule has 0 spiro atoms. The van der Waals surface area contributed by atoms with Crippen LogP contribution in [-0.4, -0.2) is 59.0 Å². The topological polar surface area (TPSA) is 76.6 Å². The monoisotopic (exact) mass is 399 g/mol. The third-order valence-electron chi connectivity index (χ3n) is 6.40. The molecule has 8 nitrogen and oxygen atoms in total. The Morgan fingerprint density at radius 2 is 2.00 bits per heavy atom. The van der Waals surface area contributed by atoms with Crippen molar-refractivity contribution in [2.24, 2.45) is 5.92 Å². The summed E-state index contributed by atoms with van der Waals surface area (Å²) in [7, 11) is 0. The number of piperidine rings is 1. The molecule has 2 bridgehead atoms. The van der Waals surface area contributed by atoms with Gasteiger partial charge in [-0.15, -0.1) is 0 Å². The molecule has 5 rings (SSSR count). The maximum absolute atomic E-state index is 13.2. The molecule has 2 aromatic rings. The number of anilines is 1. The average Bonchev–Trinajstić information content (AvgIpc) is 3.22. The first-order valence-corrected chi connectivity index (χ1v) is 10.7. The molecule has 0 aromatic carbocycles. The summed E-state index contributed by atoms with van der Waals surface area (Å²) < 4.78 is 13.0. The number of ether oxygens (including phenoxy) is 1. The molecule has 8 heteroatoms. The van der Waals surface area contributed by atoms with Gasteiger partial charge < -0.3 is 18.7 Å². The second kappa shape index (κ2) is 7.57. The van der Waals surface area contributed by atoms with Crippen molar-refractivity contribution in [1.29, 1.82) is 0 Å². The van der Waals surface area contributed by atoms with E-state index in [0.29, 0.717) is 24.4 Å². The lowest BCUT2D eigenvalue weighted by atomic mass is 9.83. The molecule has 0 aliphatic carbocycles. The van der Waals surface area contributed by atoms with Crippen LogP contribution < -0.4 is 10.5 Å². The van der Waals surface area contributed by atoms with Gasteiger partial charge in [-0.05, 0) is 18.4 Å². The molecule has 0 radical (unpaired) electrons. The molecule has 5 heterocycles. The van der Waals surface area contributed by atoms with E-state index < -0.39 is 0 Å². The zero-order valence-electron chi connectivity index (χ0n) is 17.2. The van der Waals surface area contributed by atoms with Gasteiger partial charge in [-0.25, -0.2) is 0 Å². The molecule has 0 amide bonds. The number of fused-ring (bicyclic) bond motifs is 4. The van der Waals surface area contributed by atoms with Crippen LogP contribution in [0.4, 0.5) is 6.01 Å². The normalized spacial score (nSPS) is 24.7. The highest BCUT2D eigenvalue weighted by atomic mass is 16.5. The van der Waals surface area contributed by atoms with Crippen LogP contribution in [0.5, 0.6) is 0 Å². The lowest BCUT2D eigenvalue weighted by molar-refractivity contribution is 0.0339. The van der Waals surface area contributed by atoms with Crippen molar-refractivity contribution in [2.45, 2.75) is 45.2 Å². The van der Waals surface area contributed by atoms with Gasteiger partial charge in [-0.2, -0.15) is 4.98 Å². The molecule has 2 fully saturated rings. The number of hydrogen-bond donors (Lipinski definition) is 0. The van der Waals surface area contributed by atoms with Crippen LogP contribution in [0.3, 0.4) is 0 Å². The zero-order valence-corrected chi connectivity index (χ0v) is 17.2. The fourth-order valence-electron chi connectivity index (χ4n) is 4.86. The van der Waals surface area contributed by atoms with Crippen molar-refractivity contribution in [3.63, 3.8) is 0 Å². The quantitative estimate of drug-likeness (QED) is 0.776. The number of rotatable bonds is 4. The lowest BCUT2D eigenvalue weighted by Crippen LogP contribution is -2.48. The molecule has 3 aliphatic rings. The van der Waals surface area contributed by atoms with E-state index in [4.69, 9.17) is 9.26 Å². The predicted molar refractivity (Wildman–Crippen MR) is 108 cm³/mol. The van der Waals surface area contributed by atoms with Gasteiger partial charge in [0.15, 0.2) is 5.82 Å². The van der Waals surface area contributed by atoms with E-state index in [1.165, 1.54) is 0 Å². The van der Waals surface area contributed by atoms with Crippen molar-refractivity contribution in [3.05, 3.63) is 39.6 Å². The smallest absolute Gasteiger partial charge is 0.324 e. The third-order valence-corrected chi connectivity index (χ3v) is 6.40. The van der Waals surface area contributed by atoms with E-state index in [-0.39, 0.29) is 11.5 Å². The van der Waals surface area contributed by atoms with Crippen molar-refractivity contribution < 1.29 is 9.26 Å². The number of nitrogens with zero attached hydrogens (tertiary/aromatic N) is 5. The Balaban J connectivity index is 1.37. The van der Waals surface area contributed by atoms with E-state index in [9.17, 15) is 4.79 Å². The zero-order chi connectivity index (χ0) is 20.0. The SMILES string of the molecule is CC(C)c1noc(N2C[C@@H]3C[C@H](C2)c2ccc(CN4CCOCC4)c(=O)n2C3)n1. The Hall–Kier alpha value is -2.19. The van der Waals surface area contributed by atoms with E-state index in [0.717, 1.165) is 69.4 Å². The highest BCUT2D eigenvalue weighted by Crippen LogP contribution is 2.36. The Labute approximate surface area is 170 Å². The minimum atomic E-state index is 0.178. The fourth-order valence-corrected chi connectivity index (χ4v) is 4.86. The molecule has 3 aliphatic heterocycles. The first-order chi connectivity index (χ1) is 14.1. The Kier molecular flexibility index (Phi) is 4.91. The van der Waals surface area contributed by atoms with Crippen molar-refractivity contribution in [2.75, 3.05) is 44.3 Å². The largest absolute Gasteiger partial charge is 0.379 e. The predicted octanol–water partition coefficient (Wildman–Crippen LogP) is 1.81. The van der Waals surface area contributed by atoms with Crippen LogP contribution in [0.15, 0.2) is 21.5 Å². The van der Waals surface area contributed by atoms with Crippen molar-refractivity contribution >= 4 is 6.01 Å². The van der Waals surface area contributed by atoms with E-state index in [2.05, 4.69) is 39.9 Å². The minimum Gasteiger partial charge on any atom is -0.379 e. The van der Waals surface area contributed by atoms with Crippen molar-refractivity contribution in [3.8, 4) is 0 Å². The number of morpholine rings is 1. The van der Waals surface area contributed by atoms with Gasteiger partial charge in [0.25, 0.3) is 5.56 Å². The van der Waals surface area contributed by atoms with Crippen LogP contribution in [0.1, 0.15) is 49.2 Å². The summed E-state index contributed by atoms with van der Waals surface area (Å²) in [5.41, 5.74) is 2.22. The van der Waals surface area contributed by atoms with Crippen LogP contribution >= 0.6 is 0 Å². The molecule has 0 unspecified atom stereocenters. The molecule has 156 valence electrons. The lowest BCUT2D eigenvalue weighted by Gasteiger charge is -2.42. The minimum absolute atomic E-state index is 0.178. The van der Waals surface area contributed by atoms with Gasteiger partial charge in [-0.1, -0.05) is 25.1 Å². The molecule has 29 heavy (non-hydrogen) atoms. The van der Waals surface area contributed by atoms with Gasteiger partial charge >= 0.3 is 6.01 Å². The van der Waals surface area contributed by atoms with Crippen molar-refractivity contribution in [1.82, 2.24) is 19.6 Å². The molecule has 0 saturated carbocycles.